The number of halogens is 1. The molecule has 114 valence electrons. The molecule has 2 aromatic rings. The molecular weight excluding hydrogens is 265 g/mol. The lowest BCUT2D eigenvalue weighted by molar-refractivity contribution is 0.550. The summed E-state index contributed by atoms with van der Waals surface area (Å²) in [6.07, 6.45) is 1.77. The Kier molecular flexibility index (Phi) is 5.12. The second-order valence-electron chi connectivity index (χ2n) is 5.99. The van der Waals surface area contributed by atoms with E-state index in [2.05, 4.69) is 24.1 Å². The fourth-order valence-electron chi connectivity index (χ4n) is 2.25. The highest BCUT2D eigenvalue weighted by Crippen LogP contribution is 2.14. The number of nitrogens with zero attached hydrogens (tertiary/aromatic N) is 2. The largest absolute Gasteiger partial charge is 0.330 e. The van der Waals surface area contributed by atoms with E-state index in [1.54, 1.807) is 12.4 Å². The van der Waals surface area contributed by atoms with E-state index in [0.717, 1.165) is 30.0 Å². The van der Waals surface area contributed by atoms with Gasteiger partial charge in [-0.3, -0.25) is 0 Å². The minimum Gasteiger partial charge on any atom is -0.330 e. The Morgan fingerprint density at radius 3 is 2.67 bits per heavy atom. The van der Waals surface area contributed by atoms with Crippen molar-refractivity contribution in [2.24, 2.45) is 5.92 Å². The zero-order valence-electron chi connectivity index (χ0n) is 13.3. The number of nitrogens with one attached hydrogen (secondary N) is 1. The summed E-state index contributed by atoms with van der Waals surface area (Å²) >= 11 is 0. The van der Waals surface area contributed by atoms with E-state index in [0.29, 0.717) is 18.0 Å². The second kappa shape index (κ2) is 6.85. The third-order valence-electron chi connectivity index (χ3n) is 3.68. The SMILES string of the molecule is Cc1ncn(Cc2cc(CNCC(C)C)ccc2F)c1C. The first-order valence-corrected chi connectivity index (χ1v) is 7.43. The van der Waals surface area contributed by atoms with Gasteiger partial charge >= 0.3 is 0 Å². The molecule has 0 saturated carbocycles. The third kappa shape index (κ3) is 4.14. The normalized spacial score (nSPS) is 11.3. The molecule has 0 aliphatic carbocycles. The summed E-state index contributed by atoms with van der Waals surface area (Å²) in [6.45, 7) is 10.6. The van der Waals surface area contributed by atoms with Crippen LogP contribution in [0, 0.1) is 25.6 Å². The number of hydrogen-bond acceptors (Lipinski definition) is 2. The van der Waals surface area contributed by atoms with Gasteiger partial charge in [0.15, 0.2) is 0 Å². The molecule has 0 bridgehead atoms. The molecule has 4 heteroatoms. The molecule has 0 spiro atoms. The van der Waals surface area contributed by atoms with Gasteiger partial charge in [0.25, 0.3) is 0 Å². The van der Waals surface area contributed by atoms with Gasteiger partial charge in [-0.15, -0.1) is 0 Å². The van der Waals surface area contributed by atoms with Gasteiger partial charge in [-0.1, -0.05) is 19.9 Å². The van der Waals surface area contributed by atoms with Gasteiger partial charge in [0.05, 0.1) is 18.6 Å². The van der Waals surface area contributed by atoms with Gasteiger partial charge < -0.3 is 9.88 Å². The number of rotatable bonds is 6. The fraction of sp³-hybridized carbons (Fsp3) is 0.471. The van der Waals surface area contributed by atoms with Crippen molar-refractivity contribution >= 4 is 0 Å². The van der Waals surface area contributed by atoms with Crippen LogP contribution in [-0.2, 0) is 13.1 Å². The number of hydrogen-bond donors (Lipinski definition) is 1. The van der Waals surface area contributed by atoms with Crippen LogP contribution in [0.15, 0.2) is 24.5 Å². The molecule has 0 unspecified atom stereocenters. The maximum absolute atomic E-state index is 14.0. The number of aromatic nitrogens is 2. The number of benzene rings is 1. The summed E-state index contributed by atoms with van der Waals surface area (Å²) in [5, 5.41) is 3.39. The standard InChI is InChI=1S/C17H24FN3/c1-12(2)8-19-9-15-5-6-17(18)16(7-15)10-21-11-20-13(3)14(21)4/h5-7,11-12,19H,8-10H2,1-4H3. The van der Waals surface area contributed by atoms with Gasteiger partial charge in [-0.25, -0.2) is 9.37 Å². The van der Waals surface area contributed by atoms with Crippen LogP contribution < -0.4 is 5.32 Å². The van der Waals surface area contributed by atoms with Crippen molar-refractivity contribution in [2.75, 3.05) is 6.54 Å². The Balaban J connectivity index is 2.10. The molecule has 1 aromatic carbocycles. The summed E-state index contributed by atoms with van der Waals surface area (Å²) in [6, 6.07) is 5.34. The average Bonchev–Trinajstić information content (AvgIpc) is 2.74. The Hall–Kier alpha value is -1.68. The van der Waals surface area contributed by atoms with Crippen LogP contribution in [0.5, 0.6) is 0 Å². The highest BCUT2D eigenvalue weighted by molar-refractivity contribution is 5.26. The lowest BCUT2D eigenvalue weighted by Gasteiger charge is -2.11. The Bertz CT molecular complexity index is 602. The van der Waals surface area contributed by atoms with Crippen molar-refractivity contribution in [3.05, 3.63) is 52.9 Å². The Morgan fingerprint density at radius 1 is 1.29 bits per heavy atom. The molecule has 21 heavy (non-hydrogen) atoms. The van der Waals surface area contributed by atoms with Crippen molar-refractivity contribution in [2.45, 2.75) is 40.8 Å². The lowest BCUT2D eigenvalue weighted by Crippen LogP contribution is -2.19. The predicted molar refractivity (Wildman–Crippen MR) is 83.7 cm³/mol. The average molecular weight is 289 g/mol. The minimum atomic E-state index is -0.159. The zero-order valence-corrected chi connectivity index (χ0v) is 13.3. The summed E-state index contributed by atoms with van der Waals surface area (Å²) in [5.41, 5.74) is 3.89. The molecule has 0 saturated heterocycles. The van der Waals surface area contributed by atoms with E-state index < -0.39 is 0 Å². The van der Waals surface area contributed by atoms with E-state index in [9.17, 15) is 4.39 Å². The first-order valence-electron chi connectivity index (χ1n) is 7.43. The van der Waals surface area contributed by atoms with E-state index in [1.807, 2.05) is 30.5 Å². The maximum atomic E-state index is 14.0. The first kappa shape index (κ1) is 15.7. The van der Waals surface area contributed by atoms with Crippen LogP contribution in [0.4, 0.5) is 4.39 Å². The summed E-state index contributed by atoms with van der Waals surface area (Å²) in [7, 11) is 0. The fourth-order valence-corrected chi connectivity index (χ4v) is 2.25. The smallest absolute Gasteiger partial charge is 0.128 e. The van der Waals surface area contributed by atoms with Crippen molar-refractivity contribution in [3.63, 3.8) is 0 Å². The molecule has 1 aromatic heterocycles. The third-order valence-corrected chi connectivity index (χ3v) is 3.68. The second-order valence-corrected chi connectivity index (χ2v) is 5.99. The monoisotopic (exact) mass is 289 g/mol. The molecular formula is C17H24FN3. The molecule has 1 heterocycles. The predicted octanol–water partition coefficient (Wildman–Crippen LogP) is 3.43. The van der Waals surface area contributed by atoms with Crippen LogP contribution in [0.2, 0.25) is 0 Å². The molecule has 0 aliphatic heterocycles. The van der Waals surface area contributed by atoms with Crippen LogP contribution in [0.3, 0.4) is 0 Å². The minimum absolute atomic E-state index is 0.159. The molecule has 0 radical (unpaired) electrons. The molecule has 0 amide bonds. The molecule has 2 rings (SSSR count). The first-order chi connectivity index (χ1) is 9.97. The van der Waals surface area contributed by atoms with E-state index in [1.165, 1.54) is 0 Å². The number of aryl methyl sites for hydroxylation is 1. The summed E-state index contributed by atoms with van der Waals surface area (Å²) in [4.78, 5) is 4.26. The quantitative estimate of drug-likeness (QED) is 0.883. The van der Waals surface area contributed by atoms with Crippen molar-refractivity contribution < 1.29 is 4.39 Å². The van der Waals surface area contributed by atoms with E-state index >= 15 is 0 Å². The van der Waals surface area contributed by atoms with E-state index in [-0.39, 0.29) is 5.82 Å². The molecule has 3 nitrogen and oxygen atoms in total. The summed E-state index contributed by atoms with van der Waals surface area (Å²) < 4.78 is 16.0. The van der Waals surface area contributed by atoms with Crippen LogP contribution in [0.1, 0.15) is 36.4 Å². The van der Waals surface area contributed by atoms with Crippen molar-refractivity contribution in [1.82, 2.24) is 14.9 Å². The van der Waals surface area contributed by atoms with Crippen molar-refractivity contribution in [3.8, 4) is 0 Å². The highest BCUT2D eigenvalue weighted by atomic mass is 19.1. The van der Waals surface area contributed by atoms with Gasteiger partial charge in [0.2, 0.25) is 0 Å². The van der Waals surface area contributed by atoms with Crippen molar-refractivity contribution in [1.29, 1.82) is 0 Å². The maximum Gasteiger partial charge on any atom is 0.128 e. The highest BCUT2D eigenvalue weighted by Gasteiger charge is 2.08. The molecule has 0 fully saturated rings. The van der Waals surface area contributed by atoms with E-state index in [4.69, 9.17) is 0 Å². The Labute approximate surface area is 126 Å². The number of imidazole rings is 1. The van der Waals surface area contributed by atoms with Gasteiger partial charge in [-0.05, 0) is 44.0 Å². The van der Waals surface area contributed by atoms with Crippen LogP contribution >= 0.6 is 0 Å². The van der Waals surface area contributed by atoms with Gasteiger partial charge in [-0.2, -0.15) is 0 Å². The Morgan fingerprint density at radius 2 is 2.05 bits per heavy atom. The molecule has 0 atom stereocenters. The van der Waals surface area contributed by atoms with Gasteiger partial charge in [0.1, 0.15) is 5.82 Å². The summed E-state index contributed by atoms with van der Waals surface area (Å²) in [5.74, 6) is 0.454. The molecule has 1 N–H and O–H groups in total. The van der Waals surface area contributed by atoms with Gasteiger partial charge in [0, 0.05) is 17.8 Å². The zero-order chi connectivity index (χ0) is 15.4. The van der Waals surface area contributed by atoms with Crippen LogP contribution in [0.25, 0.3) is 0 Å². The van der Waals surface area contributed by atoms with Crippen LogP contribution in [-0.4, -0.2) is 16.1 Å². The molecule has 0 aliphatic rings. The lowest BCUT2D eigenvalue weighted by atomic mass is 10.1. The topological polar surface area (TPSA) is 29.9 Å².